The highest BCUT2D eigenvalue weighted by atomic mass is 35.5. The van der Waals surface area contributed by atoms with Crippen LogP contribution in [0.2, 0.25) is 5.02 Å². The number of fused-ring (bicyclic) bond motifs is 1. The van der Waals surface area contributed by atoms with Crippen LogP contribution >= 0.6 is 23.4 Å². The predicted octanol–water partition coefficient (Wildman–Crippen LogP) is 6.53. The zero-order valence-electron chi connectivity index (χ0n) is 19.3. The molecule has 2 heterocycles. The number of nitrogens with zero attached hydrogens (tertiary/aromatic N) is 3. The van der Waals surface area contributed by atoms with Gasteiger partial charge < -0.3 is 10.1 Å². The maximum atomic E-state index is 14.1. The molecule has 2 aliphatic rings. The SMILES string of the molecule is CC1=C(C(=O)OC2CCCCC2)C(c2cccc(Cl)c2)n2nc(SCc3ccccc3F)nc2N1. The van der Waals surface area contributed by atoms with Gasteiger partial charge in [0.2, 0.25) is 11.1 Å². The molecule has 1 saturated carbocycles. The molecule has 1 fully saturated rings. The Kier molecular flexibility index (Phi) is 7.11. The third kappa shape index (κ3) is 5.23. The van der Waals surface area contributed by atoms with Crippen LogP contribution in [0.3, 0.4) is 0 Å². The van der Waals surface area contributed by atoms with Crippen molar-refractivity contribution in [2.75, 3.05) is 5.32 Å². The Balaban J connectivity index is 1.46. The van der Waals surface area contributed by atoms with Crippen molar-refractivity contribution >= 4 is 35.3 Å². The van der Waals surface area contributed by atoms with Gasteiger partial charge in [-0.15, -0.1) is 5.10 Å². The summed E-state index contributed by atoms with van der Waals surface area (Å²) in [6.45, 7) is 1.85. The van der Waals surface area contributed by atoms with E-state index in [2.05, 4.69) is 10.3 Å². The third-order valence-corrected chi connectivity index (χ3v) is 7.48. The summed E-state index contributed by atoms with van der Waals surface area (Å²) in [6.07, 6.45) is 5.03. The van der Waals surface area contributed by atoms with Crippen LogP contribution in [0, 0.1) is 5.82 Å². The number of halogens is 2. The zero-order valence-corrected chi connectivity index (χ0v) is 20.9. The van der Waals surface area contributed by atoms with E-state index in [1.807, 2.05) is 25.1 Å². The summed E-state index contributed by atoms with van der Waals surface area (Å²) in [5.74, 6) is 0.288. The molecule has 2 aromatic carbocycles. The van der Waals surface area contributed by atoms with Crippen LogP contribution in [0.4, 0.5) is 10.3 Å². The van der Waals surface area contributed by atoms with Gasteiger partial charge in [-0.1, -0.05) is 60.1 Å². The summed E-state index contributed by atoms with van der Waals surface area (Å²) in [4.78, 5) is 18.1. The van der Waals surface area contributed by atoms with Crippen molar-refractivity contribution in [2.24, 2.45) is 0 Å². The molecule has 182 valence electrons. The van der Waals surface area contributed by atoms with Gasteiger partial charge in [0.05, 0.1) is 5.57 Å². The third-order valence-electron chi connectivity index (χ3n) is 6.36. The van der Waals surface area contributed by atoms with E-state index in [4.69, 9.17) is 21.4 Å². The number of rotatable bonds is 6. The zero-order chi connectivity index (χ0) is 24.4. The lowest BCUT2D eigenvalue weighted by Gasteiger charge is -2.30. The van der Waals surface area contributed by atoms with Gasteiger partial charge in [-0.05, 0) is 61.9 Å². The molecule has 5 rings (SSSR count). The van der Waals surface area contributed by atoms with Gasteiger partial charge in [0.25, 0.3) is 0 Å². The molecule has 1 aromatic heterocycles. The molecule has 1 aliphatic heterocycles. The van der Waals surface area contributed by atoms with Crippen molar-refractivity contribution in [2.45, 2.75) is 62.1 Å². The smallest absolute Gasteiger partial charge is 0.338 e. The maximum absolute atomic E-state index is 14.1. The fourth-order valence-electron chi connectivity index (χ4n) is 4.60. The Bertz CT molecular complexity index is 1270. The average Bonchev–Trinajstić information content (AvgIpc) is 3.25. The number of benzene rings is 2. The molecule has 6 nitrogen and oxygen atoms in total. The molecule has 0 spiro atoms. The lowest BCUT2D eigenvalue weighted by Crippen LogP contribution is -2.32. The molecular formula is C26H26ClFN4O2S. The van der Waals surface area contributed by atoms with Crippen molar-refractivity contribution in [1.29, 1.82) is 0 Å². The van der Waals surface area contributed by atoms with Gasteiger partial charge in [0.15, 0.2) is 0 Å². The van der Waals surface area contributed by atoms with Gasteiger partial charge >= 0.3 is 5.97 Å². The highest BCUT2D eigenvalue weighted by Crippen LogP contribution is 2.38. The fourth-order valence-corrected chi connectivity index (χ4v) is 5.61. The molecule has 0 bridgehead atoms. The van der Waals surface area contributed by atoms with Crippen LogP contribution in [-0.2, 0) is 15.3 Å². The van der Waals surface area contributed by atoms with E-state index in [0.717, 1.165) is 31.2 Å². The second kappa shape index (κ2) is 10.4. The van der Waals surface area contributed by atoms with E-state index >= 15 is 0 Å². The van der Waals surface area contributed by atoms with Gasteiger partial charge in [-0.2, -0.15) is 4.98 Å². The number of nitrogens with one attached hydrogen (secondary N) is 1. The number of ether oxygens (including phenoxy) is 1. The van der Waals surface area contributed by atoms with E-state index < -0.39 is 6.04 Å². The van der Waals surface area contributed by atoms with E-state index in [-0.39, 0.29) is 17.9 Å². The fraction of sp³-hybridized carbons (Fsp3) is 0.346. The minimum Gasteiger partial charge on any atom is -0.459 e. The van der Waals surface area contributed by atoms with Crippen molar-refractivity contribution < 1.29 is 13.9 Å². The molecule has 1 N–H and O–H groups in total. The number of aromatic nitrogens is 3. The molecule has 1 unspecified atom stereocenters. The number of esters is 1. The predicted molar refractivity (Wildman–Crippen MR) is 135 cm³/mol. The van der Waals surface area contributed by atoms with Crippen LogP contribution in [0.25, 0.3) is 0 Å². The Morgan fingerprint density at radius 1 is 1.20 bits per heavy atom. The number of hydrogen-bond donors (Lipinski definition) is 1. The van der Waals surface area contributed by atoms with Gasteiger partial charge in [0, 0.05) is 16.5 Å². The molecule has 0 saturated heterocycles. The first-order chi connectivity index (χ1) is 17.0. The number of thioether (sulfide) groups is 1. The average molecular weight is 513 g/mol. The summed E-state index contributed by atoms with van der Waals surface area (Å²) < 4.78 is 21.7. The standard InChI is InChI=1S/C26H26ClFN4O2S/c1-16-22(24(33)34-20-11-3-2-4-12-20)23(17-9-7-10-19(27)14-17)32-25(29-16)30-26(31-32)35-15-18-8-5-6-13-21(18)28/h5-10,13-14,20,23H,2-4,11-12,15H2,1H3,(H,29,30,31). The highest BCUT2D eigenvalue weighted by Gasteiger charge is 2.36. The van der Waals surface area contributed by atoms with E-state index in [0.29, 0.717) is 38.7 Å². The molecule has 1 aliphatic carbocycles. The number of carbonyl (C=O) groups is 1. The number of anilines is 1. The molecule has 0 amide bonds. The van der Waals surface area contributed by atoms with Crippen LogP contribution in [0.5, 0.6) is 0 Å². The number of allylic oxidation sites excluding steroid dienone is 1. The van der Waals surface area contributed by atoms with Crippen molar-refractivity contribution in [1.82, 2.24) is 14.8 Å². The Labute approximate surface area is 212 Å². The first-order valence-corrected chi connectivity index (χ1v) is 13.1. The Morgan fingerprint density at radius 2 is 2.00 bits per heavy atom. The van der Waals surface area contributed by atoms with Crippen molar-refractivity contribution in [3.63, 3.8) is 0 Å². The monoisotopic (exact) mass is 512 g/mol. The Morgan fingerprint density at radius 3 is 2.77 bits per heavy atom. The lowest BCUT2D eigenvalue weighted by atomic mass is 9.95. The summed E-state index contributed by atoms with van der Waals surface area (Å²) in [6, 6.07) is 13.5. The first-order valence-electron chi connectivity index (χ1n) is 11.8. The summed E-state index contributed by atoms with van der Waals surface area (Å²) >= 11 is 7.65. The molecule has 3 aromatic rings. The van der Waals surface area contributed by atoms with E-state index in [9.17, 15) is 9.18 Å². The summed E-state index contributed by atoms with van der Waals surface area (Å²) in [5.41, 5.74) is 2.55. The molecule has 0 radical (unpaired) electrons. The molecule has 1 atom stereocenters. The molecule has 9 heteroatoms. The Hall–Kier alpha value is -2.84. The number of carbonyl (C=O) groups excluding carboxylic acids is 1. The lowest BCUT2D eigenvalue weighted by molar-refractivity contribution is -0.146. The summed E-state index contributed by atoms with van der Waals surface area (Å²) in [5, 5.41) is 8.96. The van der Waals surface area contributed by atoms with Gasteiger partial charge in [0.1, 0.15) is 18.0 Å². The van der Waals surface area contributed by atoms with Crippen LogP contribution in [0.1, 0.15) is 56.2 Å². The van der Waals surface area contributed by atoms with Crippen LogP contribution in [-0.4, -0.2) is 26.8 Å². The largest absolute Gasteiger partial charge is 0.459 e. The van der Waals surface area contributed by atoms with Crippen LogP contribution in [0.15, 0.2) is 65.0 Å². The topological polar surface area (TPSA) is 69.0 Å². The van der Waals surface area contributed by atoms with Crippen molar-refractivity contribution in [3.05, 3.63) is 81.8 Å². The quantitative estimate of drug-likeness (QED) is 0.299. The number of hydrogen-bond acceptors (Lipinski definition) is 6. The first kappa shape index (κ1) is 23.9. The molecule has 35 heavy (non-hydrogen) atoms. The highest BCUT2D eigenvalue weighted by molar-refractivity contribution is 7.98. The van der Waals surface area contributed by atoms with E-state index in [1.54, 1.807) is 28.9 Å². The molecular weight excluding hydrogens is 487 g/mol. The van der Waals surface area contributed by atoms with Gasteiger partial charge in [-0.3, -0.25) is 0 Å². The van der Waals surface area contributed by atoms with Gasteiger partial charge in [-0.25, -0.2) is 13.9 Å². The van der Waals surface area contributed by atoms with Crippen LogP contribution < -0.4 is 5.32 Å². The maximum Gasteiger partial charge on any atom is 0.338 e. The minimum atomic E-state index is -0.545. The summed E-state index contributed by atoms with van der Waals surface area (Å²) in [7, 11) is 0. The second-order valence-electron chi connectivity index (χ2n) is 8.83. The second-order valence-corrected chi connectivity index (χ2v) is 10.2. The minimum absolute atomic E-state index is 0.0689. The normalized spacial score (nSPS) is 18.2. The van der Waals surface area contributed by atoms with E-state index in [1.165, 1.54) is 24.2 Å². The van der Waals surface area contributed by atoms with Crippen molar-refractivity contribution in [3.8, 4) is 0 Å².